The van der Waals surface area contributed by atoms with E-state index in [9.17, 15) is 4.39 Å². The van der Waals surface area contributed by atoms with E-state index in [-0.39, 0.29) is 5.02 Å². The molecule has 6 heteroatoms. The van der Waals surface area contributed by atoms with Crippen LogP contribution in [0.1, 0.15) is 6.92 Å². The number of anilines is 1. The van der Waals surface area contributed by atoms with E-state index < -0.39 is 5.82 Å². The van der Waals surface area contributed by atoms with Crippen molar-refractivity contribution >= 4 is 28.5 Å². The highest BCUT2D eigenvalue weighted by molar-refractivity contribution is 6.34. The topological polar surface area (TPSA) is 47.0 Å². The first-order valence-electron chi connectivity index (χ1n) is 7.19. The predicted octanol–water partition coefficient (Wildman–Crippen LogP) is 4.53. The van der Waals surface area contributed by atoms with E-state index in [4.69, 9.17) is 16.3 Å². The van der Waals surface area contributed by atoms with Gasteiger partial charge in [0.05, 0.1) is 17.1 Å². The van der Waals surface area contributed by atoms with Crippen molar-refractivity contribution in [1.82, 2.24) is 9.97 Å². The van der Waals surface area contributed by atoms with Gasteiger partial charge in [-0.25, -0.2) is 14.4 Å². The Morgan fingerprint density at radius 2 is 2.09 bits per heavy atom. The highest BCUT2D eigenvalue weighted by atomic mass is 35.5. The van der Waals surface area contributed by atoms with Crippen LogP contribution in [-0.4, -0.2) is 23.6 Å². The molecule has 0 spiro atoms. The number of hydrogen-bond donors (Lipinski definition) is 1. The monoisotopic (exact) mass is 331 g/mol. The predicted molar refractivity (Wildman–Crippen MR) is 90.7 cm³/mol. The Morgan fingerprint density at radius 3 is 2.83 bits per heavy atom. The summed E-state index contributed by atoms with van der Waals surface area (Å²) in [6, 6.07) is 8.31. The van der Waals surface area contributed by atoms with Crippen LogP contribution in [0.3, 0.4) is 0 Å². The molecule has 0 aliphatic heterocycles. The summed E-state index contributed by atoms with van der Waals surface area (Å²) in [5.74, 6) is 0.603. The Kier molecular flexibility index (Phi) is 4.30. The fraction of sp³-hybridized carbons (Fsp3) is 0.176. The molecule has 3 rings (SSSR count). The summed E-state index contributed by atoms with van der Waals surface area (Å²) >= 11 is 6.32. The Balaban J connectivity index is 2.15. The number of fused-ring (bicyclic) bond motifs is 1. The van der Waals surface area contributed by atoms with Crippen molar-refractivity contribution < 1.29 is 9.13 Å². The van der Waals surface area contributed by atoms with E-state index in [1.165, 1.54) is 12.1 Å². The van der Waals surface area contributed by atoms with Gasteiger partial charge in [0.2, 0.25) is 5.95 Å². The van der Waals surface area contributed by atoms with Gasteiger partial charge in [-0.1, -0.05) is 17.7 Å². The van der Waals surface area contributed by atoms with Crippen LogP contribution in [0, 0.1) is 5.82 Å². The fourth-order valence-corrected chi connectivity index (χ4v) is 2.69. The Bertz CT molecular complexity index is 870. The second kappa shape index (κ2) is 6.38. The van der Waals surface area contributed by atoms with Gasteiger partial charge < -0.3 is 10.1 Å². The van der Waals surface area contributed by atoms with Gasteiger partial charge in [-0.3, -0.25) is 0 Å². The second-order valence-corrected chi connectivity index (χ2v) is 5.26. The molecule has 0 saturated carbocycles. The number of benzene rings is 2. The Morgan fingerprint density at radius 1 is 1.26 bits per heavy atom. The van der Waals surface area contributed by atoms with Crippen LogP contribution < -0.4 is 10.1 Å². The van der Waals surface area contributed by atoms with Gasteiger partial charge in [0.1, 0.15) is 11.6 Å². The molecule has 0 saturated heterocycles. The van der Waals surface area contributed by atoms with Crippen LogP contribution in [0.15, 0.2) is 36.5 Å². The normalized spacial score (nSPS) is 10.8. The van der Waals surface area contributed by atoms with Crippen molar-refractivity contribution in [3.63, 3.8) is 0 Å². The third kappa shape index (κ3) is 2.92. The quantitative estimate of drug-likeness (QED) is 0.763. The van der Waals surface area contributed by atoms with E-state index in [0.717, 1.165) is 10.9 Å². The largest absolute Gasteiger partial charge is 0.492 e. The van der Waals surface area contributed by atoms with Gasteiger partial charge in [0.25, 0.3) is 0 Å². The molecule has 0 fully saturated rings. The standard InChI is InChI=1S/C17H15ClFN3O/c1-3-23-14-7-5-12(19)15(16(14)18)10-4-6-13-11(8-10)9-21-17(20-2)22-13/h4-9H,3H2,1-2H3,(H,20,21,22). The van der Waals surface area contributed by atoms with Crippen LogP contribution in [-0.2, 0) is 0 Å². The molecule has 0 unspecified atom stereocenters. The summed E-state index contributed by atoms with van der Waals surface area (Å²) in [5, 5.41) is 3.95. The first-order valence-corrected chi connectivity index (χ1v) is 7.57. The molecule has 0 aliphatic rings. The lowest BCUT2D eigenvalue weighted by atomic mass is 10.0. The van der Waals surface area contributed by atoms with E-state index in [1.807, 2.05) is 19.1 Å². The summed E-state index contributed by atoms with van der Waals surface area (Å²) < 4.78 is 19.7. The van der Waals surface area contributed by atoms with Gasteiger partial charge in [-0.15, -0.1) is 0 Å². The van der Waals surface area contributed by atoms with Crippen LogP contribution in [0.5, 0.6) is 5.75 Å². The summed E-state index contributed by atoms with van der Waals surface area (Å²) in [4.78, 5) is 8.53. The highest BCUT2D eigenvalue weighted by Gasteiger charge is 2.15. The molecule has 0 radical (unpaired) electrons. The molecule has 0 amide bonds. The lowest BCUT2D eigenvalue weighted by Gasteiger charge is -2.12. The molecule has 0 bridgehead atoms. The van der Waals surface area contributed by atoms with Gasteiger partial charge in [-0.2, -0.15) is 0 Å². The maximum absolute atomic E-state index is 14.3. The summed E-state index contributed by atoms with van der Waals surface area (Å²) in [6.07, 6.45) is 1.69. The van der Waals surface area contributed by atoms with E-state index >= 15 is 0 Å². The van der Waals surface area contributed by atoms with Gasteiger partial charge in [0, 0.05) is 24.2 Å². The number of ether oxygens (including phenoxy) is 1. The molecule has 1 heterocycles. The molecule has 2 aromatic carbocycles. The Hall–Kier alpha value is -2.40. The summed E-state index contributed by atoms with van der Waals surface area (Å²) in [7, 11) is 1.75. The zero-order valence-electron chi connectivity index (χ0n) is 12.7. The maximum atomic E-state index is 14.3. The summed E-state index contributed by atoms with van der Waals surface area (Å²) in [5.41, 5.74) is 1.74. The van der Waals surface area contributed by atoms with Crippen molar-refractivity contribution in [2.75, 3.05) is 19.0 Å². The minimum Gasteiger partial charge on any atom is -0.492 e. The summed E-state index contributed by atoms with van der Waals surface area (Å²) in [6.45, 7) is 2.31. The molecule has 3 aromatic rings. The van der Waals surface area contributed by atoms with E-state index in [1.54, 1.807) is 19.3 Å². The molecule has 0 aliphatic carbocycles. The number of hydrogen-bond acceptors (Lipinski definition) is 4. The first kappa shape index (κ1) is 15.5. The van der Waals surface area contributed by atoms with Crippen LogP contribution in [0.25, 0.3) is 22.0 Å². The lowest BCUT2D eigenvalue weighted by Crippen LogP contribution is -1.97. The molecular formula is C17H15ClFN3O. The minimum absolute atomic E-state index is 0.263. The SMILES string of the molecule is CCOc1ccc(F)c(-c2ccc3nc(NC)ncc3c2)c1Cl. The van der Waals surface area contributed by atoms with Crippen molar-refractivity contribution in [3.05, 3.63) is 47.4 Å². The third-order valence-electron chi connectivity index (χ3n) is 3.45. The van der Waals surface area contributed by atoms with Crippen molar-refractivity contribution in [3.8, 4) is 16.9 Å². The molecule has 1 N–H and O–H groups in total. The second-order valence-electron chi connectivity index (χ2n) is 4.88. The first-order chi connectivity index (χ1) is 11.1. The molecule has 118 valence electrons. The zero-order valence-corrected chi connectivity index (χ0v) is 13.5. The smallest absolute Gasteiger partial charge is 0.222 e. The number of nitrogens with one attached hydrogen (secondary N) is 1. The lowest BCUT2D eigenvalue weighted by molar-refractivity contribution is 0.340. The maximum Gasteiger partial charge on any atom is 0.222 e. The van der Waals surface area contributed by atoms with Gasteiger partial charge in [-0.05, 0) is 36.8 Å². The van der Waals surface area contributed by atoms with Crippen molar-refractivity contribution in [2.45, 2.75) is 6.92 Å². The molecule has 23 heavy (non-hydrogen) atoms. The third-order valence-corrected chi connectivity index (χ3v) is 3.82. The van der Waals surface area contributed by atoms with Crippen molar-refractivity contribution in [2.24, 2.45) is 0 Å². The van der Waals surface area contributed by atoms with Gasteiger partial charge in [0.15, 0.2) is 0 Å². The number of halogens is 2. The molecule has 1 aromatic heterocycles. The molecule has 0 atom stereocenters. The van der Waals surface area contributed by atoms with E-state index in [0.29, 0.717) is 29.4 Å². The van der Waals surface area contributed by atoms with Gasteiger partial charge >= 0.3 is 0 Å². The Labute approximate surface area is 138 Å². The molecular weight excluding hydrogens is 317 g/mol. The van der Waals surface area contributed by atoms with Crippen LogP contribution >= 0.6 is 11.6 Å². The average molecular weight is 332 g/mol. The van der Waals surface area contributed by atoms with Crippen LogP contribution in [0.2, 0.25) is 5.02 Å². The number of nitrogens with zero attached hydrogens (tertiary/aromatic N) is 2. The zero-order chi connectivity index (χ0) is 16.4. The minimum atomic E-state index is -0.398. The van der Waals surface area contributed by atoms with E-state index in [2.05, 4.69) is 15.3 Å². The fourth-order valence-electron chi connectivity index (χ4n) is 2.37. The average Bonchev–Trinajstić information content (AvgIpc) is 2.57. The number of aromatic nitrogens is 2. The van der Waals surface area contributed by atoms with Crippen LogP contribution in [0.4, 0.5) is 10.3 Å². The number of rotatable bonds is 4. The molecule has 4 nitrogen and oxygen atoms in total. The highest BCUT2D eigenvalue weighted by Crippen LogP contribution is 2.38. The van der Waals surface area contributed by atoms with Crippen molar-refractivity contribution in [1.29, 1.82) is 0 Å².